The molecule has 0 unspecified atom stereocenters. The zero-order chi connectivity index (χ0) is 22.1. The van der Waals surface area contributed by atoms with E-state index in [0.29, 0.717) is 37.6 Å². The first-order chi connectivity index (χ1) is 15.5. The number of benzene rings is 2. The molecule has 32 heavy (non-hydrogen) atoms. The van der Waals surface area contributed by atoms with Crippen molar-refractivity contribution in [3.05, 3.63) is 48.0 Å². The lowest BCUT2D eigenvalue weighted by atomic mass is 10.2. The first-order valence-corrected chi connectivity index (χ1v) is 12.9. The first kappa shape index (κ1) is 21.3. The second kappa shape index (κ2) is 8.78. The van der Waals surface area contributed by atoms with Gasteiger partial charge in [-0.05, 0) is 55.3 Å². The molecule has 2 aliphatic rings. The van der Waals surface area contributed by atoms with Gasteiger partial charge in [-0.3, -0.25) is 4.79 Å². The molecule has 0 atom stereocenters. The van der Waals surface area contributed by atoms with Crippen LogP contribution >= 0.6 is 11.3 Å². The number of ether oxygens (including phenoxy) is 1. The quantitative estimate of drug-likeness (QED) is 0.613. The molecule has 3 heterocycles. The molecule has 5 rings (SSSR count). The van der Waals surface area contributed by atoms with Crippen LogP contribution in [0.25, 0.3) is 10.2 Å². The maximum Gasteiger partial charge on any atom is 0.255 e. The Morgan fingerprint density at radius 2 is 1.72 bits per heavy atom. The number of hydrogen-bond acceptors (Lipinski definition) is 7. The lowest BCUT2D eigenvalue weighted by Crippen LogP contribution is -2.40. The van der Waals surface area contributed by atoms with Gasteiger partial charge >= 0.3 is 0 Å². The van der Waals surface area contributed by atoms with E-state index >= 15 is 0 Å². The maximum atomic E-state index is 12.7. The van der Waals surface area contributed by atoms with E-state index < -0.39 is 10.0 Å². The second-order valence-corrected chi connectivity index (χ2v) is 10.8. The predicted octanol–water partition coefficient (Wildman–Crippen LogP) is 3.17. The van der Waals surface area contributed by atoms with Crippen molar-refractivity contribution in [2.24, 2.45) is 0 Å². The molecule has 0 spiro atoms. The Morgan fingerprint density at radius 3 is 2.44 bits per heavy atom. The zero-order valence-corrected chi connectivity index (χ0v) is 19.1. The van der Waals surface area contributed by atoms with Gasteiger partial charge in [-0.1, -0.05) is 11.3 Å². The van der Waals surface area contributed by atoms with Crippen LogP contribution in [0.1, 0.15) is 23.2 Å². The molecule has 2 fully saturated rings. The van der Waals surface area contributed by atoms with Crippen LogP contribution in [0.3, 0.4) is 0 Å². The lowest BCUT2D eigenvalue weighted by Gasteiger charge is -2.26. The summed E-state index contributed by atoms with van der Waals surface area (Å²) in [5.74, 6) is -0.288. The van der Waals surface area contributed by atoms with Crippen LogP contribution in [0.2, 0.25) is 0 Å². The van der Waals surface area contributed by atoms with E-state index in [9.17, 15) is 13.2 Å². The molecule has 1 aromatic heterocycles. The fourth-order valence-corrected chi connectivity index (χ4v) is 6.42. The second-order valence-electron chi connectivity index (χ2n) is 7.87. The number of nitrogens with zero attached hydrogens (tertiary/aromatic N) is 3. The van der Waals surface area contributed by atoms with E-state index in [1.807, 2.05) is 18.2 Å². The Labute approximate surface area is 190 Å². The van der Waals surface area contributed by atoms with E-state index in [1.165, 1.54) is 29.3 Å². The monoisotopic (exact) mass is 472 g/mol. The third-order valence-electron chi connectivity index (χ3n) is 5.74. The fourth-order valence-electron chi connectivity index (χ4n) is 3.95. The topological polar surface area (TPSA) is 91.8 Å². The van der Waals surface area contributed by atoms with Crippen molar-refractivity contribution < 1.29 is 17.9 Å². The van der Waals surface area contributed by atoms with Gasteiger partial charge in [0.15, 0.2) is 5.13 Å². The molecular formula is C22H24N4O4S2. The summed E-state index contributed by atoms with van der Waals surface area (Å²) in [6.07, 6.45) is 2.40. The smallest absolute Gasteiger partial charge is 0.255 e. The van der Waals surface area contributed by atoms with Crippen molar-refractivity contribution in [1.29, 1.82) is 0 Å². The average Bonchev–Trinajstić information content (AvgIpc) is 3.49. The SMILES string of the molecule is O=C(Nc1ccc2nc(N3CCCC3)sc2c1)c1ccc(S(=O)(=O)N2CCOCC2)cc1. The number of fused-ring (bicyclic) bond motifs is 1. The van der Waals surface area contributed by atoms with Gasteiger partial charge in [0.1, 0.15) is 0 Å². The number of carbonyl (C=O) groups excluding carboxylic acids is 1. The number of sulfonamides is 1. The third kappa shape index (κ3) is 4.23. The van der Waals surface area contributed by atoms with E-state index in [4.69, 9.17) is 9.72 Å². The summed E-state index contributed by atoms with van der Waals surface area (Å²) >= 11 is 1.63. The van der Waals surface area contributed by atoms with Crippen LogP contribution in [-0.2, 0) is 14.8 Å². The first-order valence-electron chi connectivity index (χ1n) is 10.7. The number of hydrogen-bond donors (Lipinski definition) is 1. The van der Waals surface area contributed by atoms with Gasteiger partial charge in [-0.25, -0.2) is 13.4 Å². The normalized spacial score (nSPS) is 17.7. The number of anilines is 2. The number of nitrogens with one attached hydrogen (secondary N) is 1. The van der Waals surface area contributed by atoms with Gasteiger partial charge in [0.2, 0.25) is 10.0 Å². The Bertz CT molecular complexity index is 1230. The molecule has 10 heteroatoms. The van der Waals surface area contributed by atoms with Gasteiger partial charge in [-0.15, -0.1) is 0 Å². The summed E-state index contributed by atoms with van der Waals surface area (Å²) in [6, 6.07) is 11.7. The minimum atomic E-state index is -3.58. The summed E-state index contributed by atoms with van der Waals surface area (Å²) in [7, 11) is -3.58. The molecule has 0 bridgehead atoms. The molecule has 2 saturated heterocycles. The minimum absolute atomic E-state index is 0.177. The molecule has 2 aromatic carbocycles. The standard InChI is InChI=1S/C22H24N4O4S2/c27-21(16-3-6-18(7-4-16)32(28,29)26-11-13-30-14-12-26)23-17-5-8-19-20(15-17)31-22(24-19)25-9-1-2-10-25/h3-8,15H,1-2,9-14H2,(H,23,27). The molecule has 0 aliphatic carbocycles. The largest absolute Gasteiger partial charge is 0.379 e. The van der Waals surface area contributed by atoms with Crippen molar-refractivity contribution >= 4 is 48.3 Å². The van der Waals surface area contributed by atoms with Crippen LogP contribution in [-0.4, -0.2) is 63.0 Å². The highest BCUT2D eigenvalue weighted by Crippen LogP contribution is 2.32. The number of amides is 1. The Kier molecular flexibility index (Phi) is 5.85. The number of aromatic nitrogens is 1. The van der Waals surface area contributed by atoms with Gasteiger partial charge < -0.3 is 15.0 Å². The molecule has 2 aliphatic heterocycles. The molecule has 3 aromatic rings. The summed E-state index contributed by atoms with van der Waals surface area (Å²) in [6.45, 7) is 3.54. The van der Waals surface area contributed by atoms with Crippen LogP contribution in [0.5, 0.6) is 0 Å². The van der Waals surface area contributed by atoms with Crippen molar-refractivity contribution in [3.8, 4) is 0 Å². The van der Waals surface area contributed by atoms with Crippen molar-refractivity contribution in [1.82, 2.24) is 9.29 Å². The Balaban J connectivity index is 1.29. The minimum Gasteiger partial charge on any atom is -0.379 e. The van der Waals surface area contributed by atoms with Gasteiger partial charge in [0.05, 0.1) is 28.3 Å². The Hall–Kier alpha value is -2.53. The third-order valence-corrected chi connectivity index (χ3v) is 8.73. The van der Waals surface area contributed by atoms with E-state index in [0.717, 1.165) is 28.4 Å². The van der Waals surface area contributed by atoms with Crippen molar-refractivity contribution in [3.63, 3.8) is 0 Å². The molecule has 0 radical (unpaired) electrons. The van der Waals surface area contributed by atoms with E-state index in [2.05, 4.69) is 10.2 Å². The van der Waals surface area contributed by atoms with Crippen LogP contribution in [0, 0.1) is 0 Å². The molecule has 1 N–H and O–H groups in total. The number of rotatable bonds is 5. The van der Waals surface area contributed by atoms with Gasteiger partial charge in [0, 0.05) is 37.4 Å². The fraction of sp³-hybridized carbons (Fsp3) is 0.364. The predicted molar refractivity (Wildman–Crippen MR) is 125 cm³/mol. The summed E-state index contributed by atoms with van der Waals surface area (Å²) in [5, 5.41) is 3.93. The summed E-state index contributed by atoms with van der Waals surface area (Å²) in [4.78, 5) is 19.9. The van der Waals surface area contributed by atoms with Crippen molar-refractivity contribution in [2.75, 3.05) is 49.6 Å². The number of morpholine rings is 1. The van der Waals surface area contributed by atoms with Gasteiger partial charge in [-0.2, -0.15) is 4.31 Å². The molecule has 0 saturated carbocycles. The highest BCUT2D eigenvalue weighted by atomic mass is 32.2. The lowest BCUT2D eigenvalue weighted by molar-refractivity contribution is 0.0730. The molecule has 168 valence electrons. The summed E-state index contributed by atoms with van der Waals surface area (Å²) < 4.78 is 33.1. The number of thiazole rings is 1. The Morgan fingerprint density at radius 1 is 1.00 bits per heavy atom. The maximum absolute atomic E-state index is 12.7. The highest BCUT2D eigenvalue weighted by Gasteiger charge is 2.26. The average molecular weight is 473 g/mol. The van der Waals surface area contributed by atoms with Crippen LogP contribution in [0.15, 0.2) is 47.4 Å². The molecular weight excluding hydrogens is 448 g/mol. The van der Waals surface area contributed by atoms with E-state index in [1.54, 1.807) is 23.5 Å². The van der Waals surface area contributed by atoms with Crippen LogP contribution in [0.4, 0.5) is 10.8 Å². The number of carbonyl (C=O) groups is 1. The van der Waals surface area contributed by atoms with Gasteiger partial charge in [0.25, 0.3) is 5.91 Å². The summed E-state index contributed by atoms with van der Waals surface area (Å²) in [5.41, 5.74) is 2.00. The zero-order valence-electron chi connectivity index (χ0n) is 17.5. The molecule has 8 nitrogen and oxygen atoms in total. The molecule has 1 amide bonds. The van der Waals surface area contributed by atoms with Crippen molar-refractivity contribution in [2.45, 2.75) is 17.7 Å². The van der Waals surface area contributed by atoms with Crippen LogP contribution < -0.4 is 10.2 Å². The highest BCUT2D eigenvalue weighted by molar-refractivity contribution is 7.89. The van der Waals surface area contributed by atoms with E-state index in [-0.39, 0.29) is 10.8 Å².